The van der Waals surface area contributed by atoms with Crippen LogP contribution in [0.3, 0.4) is 0 Å². The van der Waals surface area contributed by atoms with Gasteiger partial charge in [-0.1, -0.05) is 5.92 Å². The van der Waals surface area contributed by atoms with Crippen molar-refractivity contribution in [1.29, 1.82) is 0 Å². The summed E-state index contributed by atoms with van der Waals surface area (Å²) < 4.78 is 0. The molecular weight excluding hydrogens is 228 g/mol. The van der Waals surface area contributed by atoms with Crippen LogP contribution < -0.4 is 5.73 Å². The van der Waals surface area contributed by atoms with E-state index in [9.17, 15) is 4.79 Å². The summed E-state index contributed by atoms with van der Waals surface area (Å²) in [5.74, 6) is 3.04. The molecule has 5 heteroatoms. The van der Waals surface area contributed by atoms with E-state index in [1.54, 1.807) is 4.90 Å². The van der Waals surface area contributed by atoms with Crippen LogP contribution in [0.15, 0.2) is 4.99 Å². The first-order valence-electron chi connectivity index (χ1n) is 6.26. The molecule has 0 aromatic rings. The predicted octanol–water partition coefficient (Wildman–Crippen LogP) is 0.654. The number of amides is 2. The summed E-state index contributed by atoms with van der Waals surface area (Å²) in [5.41, 5.74) is 5.55. The van der Waals surface area contributed by atoms with E-state index in [1.807, 2.05) is 6.92 Å². The highest BCUT2D eigenvalue weighted by Crippen LogP contribution is 2.37. The SMILES string of the molecule is C#CC(C)N1C(=O)N=C(N)C12CCN(C)C(C)C2. The van der Waals surface area contributed by atoms with E-state index in [0.717, 1.165) is 19.4 Å². The lowest BCUT2D eigenvalue weighted by molar-refractivity contribution is 0.0727. The summed E-state index contributed by atoms with van der Waals surface area (Å²) in [4.78, 5) is 19.9. The van der Waals surface area contributed by atoms with E-state index in [2.05, 4.69) is 29.8 Å². The van der Waals surface area contributed by atoms with Crippen molar-refractivity contribution in [3.8, 4) is 12.3 Å². The number of carbonyl (C=O) groups excluding carboxylic acids is 1. The van der Waals surface area contributed by atoms with Gasteiger partial charge in [-0.05, 0) is 33.7 Å². The highest BCUT2D eigenvalue weighted by atomic mass is 16.2. The maximum atomic E-state index is 12.0. The van der Waals surface area contributed by atoms with Crippen LogP contribution in [0, 0.1) is 12.3 Å². The van der Waals surface area contributed by atoms with Gasteiger partial charge in [-0.25, -0.2) is 4.79 Å². The smallest absolute Gasteiger partial charge is 0.347 e. The van der Waals surface area contributed by atoms with Crippen molar-refractivity contribution in [3.63, 3.8) is 0 Å². The van der Waals surface area contributed by atoms with Gasteiger partial charge >= 0.3 is 6.03 Å². The molecule has 0 aromatic heterocycles. The average molecular weight is 248 g/mol. The largest absolute Gasteiger partial charge is 0.385 e. The van der Waals surface area contributed by atoms with Crippen LogP contribution >= 0.6 is 0 Å². The number of rotatable bonds is 1. The summed E-state index contributed by atoms with van der Waals surface area (Å²) in [7, 11) is 2.08. The third-order valence-electron chi connectivity index (χ3n) is 4.25. The molecule has 0 saturated carbocycles. The molecule has 98 valence electrons. The first-order chi connectivity index (χ1) is 8.42. The van der Waals surface area contributed by atoms with Gasteiger partial charge in [0.15, 0.2) is 0 Å². The van der Waals surface area contributed by atoms with Gasteiger partial charge < -0.3 is 10.6 Å². The van der Waals surface area contributed by atoms with E-state index < -0.39 is 5.54 Å². The third kappa shape index (κ3) is 1.68. The van der Waals surface area contributed by atoms with Gasteiger partial charge in [0.1, 0.15) is 11.4 Å². The molecule has 5 nitrogen and oxygen atoms in total. The molecule has 3 unspecified atom stereocenters. The highest BCUT2D eigenvalue weighted by molar-refractivity contribution is 6.06. The van der Waals surface area contributed by atoms with Gasteiger partial charge in [0.2, 0.25) is 0 Å². The topological polar surface area (TPSA) is 61.9 Å². The number of hydrogen-bond acceptors (Lipinski definition) is 3. The lowest BCUT2D eigenvalue weighted by Gasteiger charge is -2.47. The van der Waals surface area contributed by atoms with Crippen LogP contribution in [0.2, 0.25) is 0 Å². The Morgan fingerprint density at radius 3 is 2.89 bits per heavy atom. The molecule has 0 aliphatic carbocycles. The number of hydrogen-bond donors (Lipinski definition) is 1. The van der Waals surface area contributed by atoms with Crippen LogP contribution in [0.4, 0.5) is 4.79 Å². The first kappa shape index (κ1) is 12.9. The molecule has 1 fully saturated rings. The standard InChI is InChI=1S/C13H20N4O/c1-5-9(2)17-12(18)15-11(14)13(17)6-7-16(4)10(3)8-13/h1,9-10H,6-8H2,2-4H3,(H2,14,15,18). The van der Waals surface area contributed by atoms with Crippen molar-refractivity contribution in [2.24, 2.45) is 10.7 Å². The summed E-state index contributed by atoms with van der Waals surface area (Å²) in [6.07, 6.45) is 7.05. The van der Waals surface area contributed by atoms with Crippen molar-refractivity contribution >= 4 is 11.9 Å². The maximum absolute atomic E-state index is 12.0. The van der Waals surface area contributed by atoms with Crippen molar-refractivity contribution in [2.75, 3.05) is 13.6 Å². The van der Waals surface area contributed by atoms with Gasteiger partial charge in [-0.3, -0.25) is 4.90 Å². The number of terminal acetylenes is 1. The lowest BCUT2D eigenvalue weighted by atomic mass is 9.81. The molecule has 2 rings (SSSR count). The van der Waals surface area contributed by atoms with Crippen LogP contribution in [-0.4, -0.2) is 52.9 Å². The lowest BCUT2D eigenvalue weighted by Crippen LogP contribution is -2.63. The first-order valence-corrected chi connectivity index (χ1v) is 6.26. The number of carbonyl (C=O) groups is 1. The van der Waals surface area contributed by atoms with Crippen LogP contribution in [-0.2, 0) is 0 Å². The van der Waals surface area contributed by atoms with E-state index in [1.165, 1.54) is 0 Å². The molecule has 1 saturated heterocycles. The van der Waals surface area contributed by atoms with Gasteiger partial charge in [0.05, 0.1) is 6.04 Å². The fourth-order valence-electron chi connectivity index (χ4n) is 2.96. The Hall–Kier alpha value is -1.54. The number of amidine groups is 1. The number of urea groups is 1. The molecule has 2 amide bonds. The molecule has 18 heavy (non-hydrogen) atoms. The second-order valence-electron chi connectivity index (χ2n) is 5.31. The Morgan fingerprint density at radius 2 is 2.33 bits per heavy atom. The minimum atomic E-state index is -0.477. The van der Waals surface area contributed by atoms with Crippen molar-refractivity contribution in [2.45, 2.75) is 44.3 Å². The van der Waals surface area contributed by atoms with E-state index >= 15 is 0 Å². The zero-order chi connectivity index (χ0) is 13.5. The number of likely N-dealkylation sites (tertiary alicyclic amines) is 1. The van der Waals surface area contributed by atoms with Gasteiger partial charge in [0, 0.05) is 12.6 Å². The summed E-state index contributed by atoms with van der Waals surface area (Å²) in [6, 6.07) is -0.224. The number of nitrogens with two attached hydrogens (primary N) is 1. The molecule has 0 radical (unpaired) electrons. The molecule has 0 bridgehead atoms. The maximum Gasteiger partial charge on any atom is 0.347 e. The minimum Gasteiger partial charge on any atom is -0.385 e. The van der Waals surface area contributed by atoms with Crippen molar-refractivity contribution in [3.05, 3.63) is 0 Å². The molecular formula is C13H20N4O. The normalized spacial score (nSPS) is 34.6. The van der Waals surface area contributed by atoms with Gasteiger partial charge in [-0.15, -0.1) is 6.42 Å². The Labute approximate surface area is 108 Å². The Bertz CT molecular complexity index is 439. The third-order valence-corrected chi connectivity index (χ3v) is 4.25. The summed E-state index contributed by atoms with van der Waals surface area (Å²) in [5, 5.41) is 0. The molecule has 0 aromatic carbocycles. The van der Waals surface area contributed by atoms with E-state index in [4.69, 9.17) is 12.2 Å². The van der Waals surface area contributed by atoms with E-state index in [0.29, 0.717) is 11.9 Å². The zero-order valence-electron chi connectivity index (χ0n) is 11.2. The monoisotopic (exact) mass is 248 g/mol. The predicted molar refractivity (Wildman–Crippen MR) is 71.2 cm³/mol. The minimum absolute atomic E-state index is 0.280. The average Bonchev–Trinajstić information content (AvgIpc) is 2.55. The molecule has 2 aliphatic rings. The van der Waals surface area contributed by atoms with Crippen molar-refractivity contribution < 1.29 is 4.79 Å². The fourth-order valence-corrected chi connectivity index (χ4v) is 2.96. The molecule has 2 aliphatic heterocycles. The highest BCUT2D eigenvalue weighted by Gasteiger charge is 2.52. The number of piperidine rings is 1. The molecule has 1 spiro atoms. The van der Waals surface area contributed by atoms with Gasteiger partial charge in [0.25, 0.3) is 0 Å². The Balaban J connectivity index is 2.37. The Kier molecular flexibility index (Phi) is 3.07. The fraction of sp³-hybridized carbons (Fsp3) is 0.692. The number of nitrogens with zero attached hydrogens (tertiary/aromatic N) is 3. The second kappa shape index (κ2) is 4.29. The summed E-state index contributed by atoms with van der Waals surface area (Å²) >= 11 is 0. The van der Waals surface area contributed by atoms with E-state index in [-0.39, 0.29) is 12.1 Å². The van der Waals surface area contributed by atoms with Crippen LogP contribution in [0.1, 0.15) is 26.7 Å². The second-order valence-corrected chi connectivity index (χ2v) is 5.31. The summed E-state index contributed by atoms with van der Waals surface area (Å²) in [6.45, 7) is 4.87. The van der Waals surface area contributed by atoms with Crippen LogP contribution in [0.25, 0.3) is 0 Å². The van der Waals surface area contributed by atoms with Crippen molar-refractivity contribution in [1.82, 2.24) is 9.80 Å². The van der Waals surface area contributed by atoms with Gasteiger partial charge in [-0.2, -0.15) is 4.99 Å². The van der Waals surface area contributed by atoms with Crippen LogP contribution in [0.5, 0.6) is 0 Å². The quantitative estimate of drug-likeness (QED) is 0.693. The zero-order valence-corrected chi connectivity index (χ0v) is 11.2. The molecule has 2 N–H and O–H groups in total. The molecule has 2 heterocycles. The Morgan fingerprint density at radius 1 is 1.67 bits per heavy atom. The molecule has 3 atom stereocenters. The number of aliphatic imine (C=N–C) groups is 1.